The number of quaternary nitrogens is 1. The Kier molecular flexibility index (Phi) is 10.7. The second kappa shape index (κ2) is 15.6. The van der Waals surface area contributed by atoms with Crippen LogP contribution in [0.4, 0.5) is 17.2 Å². The maximum Gasteiger partial charge on any atom is 0.294 e. The van der Waals surface area contributed by atoms with Crippen LogP contribution in [0.15, 0.2) is 122 Å². The quantitative estimate of drug-likeness (QED) is 0.0912. The normalized spacial score (nSPS) is 22.3. The number of benzene rings is 4. The molecule has 4 unspecified atom stereocenters. The lowest BCUT2D eigenvalue weighted by Crippen LogP contribution is -2.68. The standard InChI is InChI=1S/C54H67N5/c1-12-53(10)46-27-19-18-26-43(46)52-56(50-44(37(3)4)35-42(36-45(50)38(5)6)41-24-15-14-16-25-41)33-34-57(52)54(53,13-2)31-21-30-49-58(39(7)8)47-28-22-32-55-51(47)59(49,11)48-29-20-17-23-40(48)9/h14-20,22-29,32-39,49H,12-13,21,30-31H2,1-11H3/q+2. The molecule has 0 aliphatic carbocycles. The van der Waals surface area contributed by atoms with Gasteiger partial charge in [-0.3, -0.25) is 0 Å². The Bertz CT molecular complexity index is 2430. The van der Waals surface area contributed by atoms with Crippen LogP contribution in [0.5, 0.6) is 0 Å². The summed E-state index contributed by atoms with van der Waals surface area (Å²) in [6.45, 7) is 23.9. The van der Waals surface area contributed by atoms with Crippen molar-refractivity contribution in [3.8, 4) is 28.2 Å². The van der Waals surface area contributed by atoms with Crippen LogP contribution in [0.25, 0.3) is 28.2 Å². The molecule has 2 aliphatic heterocycles. The molecule has 5 nitrogen and oxygen atoms in total. The van der Waals surface area contributed by atoms with E-state index >= 15 is 0 Å². The van der Waals surface area contributed by atoms with Gasteiger partial charge in [-0.2, -0.15) is 4.57 Å². The average molecular weight is 786 g/mol. The van der Waals surface area contributed by atoms with Crippen LogP contribution < -0.4 is 14.0 Å². The Morgan fingerprint density at radius 2 is 1.44 bits per heavy atom. The average Bonchev–Trinajstić information content (AvgIpc) is 3.80. The molecule has 0 amide bonds. The van der Waals surface area contributed by atoms with E-state index in [2.05, 4.69) is 206 Å². The maximum atomic E-state index is 5.15. The van der Waals surface area contributed by atoms with E-state index in [0.29, 0.717) is 22.4 Å². The summed E-state index contributed by atoms with van der Waals surface area (Å²) in [5, 5.41) is 0. The van der Waals surface area contributed by atoms with Gasteiger partial charge in [-0.1, -0.05) is 115 Å². The van der Waals surface area contributed by atoms with E-state index in [-0.39, 0.29) is 17.1 Å². The fourth-order valence-electron chi connectivity index (χ4n) is 11.6. The molecule has 0 radical (unpaired) electrons. The van der Waals surface area contributed by atoms with Crippen LogP contribution in [0.1, 0.15) is 129 Å². The summed E-state index contributed by atoms with van der Waals surface area (Å²) in [7, 11) is 2.42. The van der Waals surface area contributed by atoms with Crippen LogP contribution >= 0.6 is 0 Å². The number of para-hydroxylation sites is 1. The van der Waals surface area contributed by atoms with Crippen molar-refractivity contribution in [1.29, 1.82) is 0 Å². The van der Waals surface area contributed by atoms with E-state index in [1.165, 1.54) is 61.8 Å². The predicted molar refractivity (Wildman–Crippen MR) is 249 cm³/mol. The number of aryl methyl sites for hydroxylation is 1. The van der Waals surface area contributed by atoms with Gasteiger partial charge in [-0.05, 0) is 111 Å². The number of hydrogen-bond acceptors (Lipinski definition) is 2. The summed E-state index contributed by atoms with van der Waals surface area (Å²) in [6.07, 6.45) is 12.4. The van der Waals surface area contributed by atoms with Crippen LogP contribution in [-0.2, 0) is 11.0 Å². The highest BCUT2D eigenvalue weighted by Crippen LogP contribution is 2.55. The molecule has 0 N–H and O–H groups in total. The fourth-order valence-corrected chi connectivity index (χ4v) is 11.6. The molecule has 4 aromatic carbocycles. The van der Waals surface area contributed by atoms with Crippen molar-refractivity contribution in [3.63, 3.8) is 0 Å². The Morgan fingerprint density at radius 3 is 2.08 bits per heavy atom. The van der Waals surface area contributed by atoms with E-state index in [0.717, 1.165) is 37.9 Å². The van der Waals surface area contributed by atoms with E-state index in [1.54, 1.807) is 0 Å². The molecular weight excluding hydrogens is 719 g/mol. The van der Waals surface area contributed by atoms with E-state index in [4.69, 9.17) is 4.98 Å². The summed E-state index contributed by atoms with van der Waals surface area (Å²) in [6, 6.07) is 38.9. The Hall–Kier alpha value is -5.00. The lowest BCUT2D eigenvalue weighted by Gasteiger charge is -2.50. The maximum absolute atomic E-state index is 5.15. The third kappa shape index (κ3) is 6.21. The Labute approximate surface area is 355 Å². The summed E-state index contributed by atoms with van der Waals surface area (Å²) in [5.74, 6) is 3.16. The van der Waals surface area contributed by atoms with E-state index < -0.39 is 0 Å². The number of hydrogen-bond donors (Lipinski definition) is 0. The minimum Gasteiger partial charge on any atom is -0.313 e. The minimum atomic E-state index is -0.144. The lowest BCUT2D eigenvalue weighted by molar-refractivity contribution is -0.769. The van der Waals surface area contributed by atoms with E-state index in [1.807, 2.05) is 6.20 Å². The van der Waals surface area contributed by atoms with Gasteiger partial charge in [0.25, 0.3) is 11.6 Å². The van der Waals surface area contributed by atoms with Gasteiger partial charge in [0.2, 0.25) is 0 Å². The van der Waals surface area contributed by atoms with Crippen LogP contribution in [0.3, 0.4) is 0 Å². The molecular formula is C54H67N5+2. The summed E-state index contributed by atoms with van der Waals surface area (Å²) in [5.41, 5.74) is 13.2. The van der Waals surface area contributed by atoms with Crippen LogP contribution in [0, 0.1) is 6.92 Å². The van der Waals surface area contributed by atoms with Gasteiger partial charge in [0.1, 0.15) is 35.0 Å². The second-order valence-electron chi connectivity index (χ2n) is 18.7. The molecule has 4 atom stereocenters. The van der Waals surface area contributed by atoms with E-state index in [9.17, 15) is 0 Å². The minimum absolute atomic E-state index is 0.0762. The molecule has 306 valence electrons. The zero-order chi connectivity index (χ0) is 41.9. The number of aromatic nitrogens is 3. The number of pyridine rings is 1. The third-order valence-corrected chi connectivity index (χ3v) is 14.8. The first kappa shape index (κ1) is 40.8. The number of fused-ring (bicyclic) bond motifs is 4. The van der Waals surface area contributed by atoms with Crippen LogP contribution in [-0.4, -0.2) is 28.8 Å². The SMILES string of the molecule is CCC1(C)c2ccccc2-c2n(-c3c(C(C)C)cc(-c4ccccc4)cc3C(C)C)cc[n+]2C1(CC)CCCC1N(C(C)C)c2cccnc2[N+]1(C)c1ccccc1C. The molecule has 5 heteroatoms. The Morgan fingerprint density at radius 1 is 0.780 bits per heavy atom. The zero-order valence-electron chi connectivity index (χ0n) is 37.6. The number of anilines is 1. The first-order valence-electron chi connectivity index (χ1n) is 22.5. The van der Waals surface area contributed by atoms with Gasteiger partial charge in [0.05, 0.1) is 12.6 Å². The van der Waals surface area contributed by atoms with Gasteiger partial charge in [-0.15, -0.1) is 0 Å². The summed E-state index contributed by atoms with van der Waals surface area (Å²) >= 11 is 0. The molecule has 6 aromatic rings. The summed E-state index contributed by atoms with van der Waals surface area (Å²) in [4.78, 5) is 7.83. The number of imidazole rings is 1. The second-order valence-corrected chi connectivity index (χ2v) is 18.7. The number of nitrogens with zero attached hydrogens (tertiary/aromatic N) is 5. The largest absolute Gasteiger partial charge is 0.313 e. The topological polar surface area (TPSA) is 24.9 Å². The first-order chi connectivity index (χ1) is 28.3. The van der Waals surface area contributed by atoms with Crippen molar-refractivity contribution in [2.75, 3.05) is 11.9 Å². The molecule has 8 rings (SSSR count). The van der Waals surface area contributed by atoms with Crippen LogP contribution in [0.2, 0.25) is 0 Å². The molecule has 2 aromatic heterocycles. The van der Waals surface area contributed by atoms with Gasteiger partial charge < -0.3 is 4.90 Å². The summed E-state index contributed by atoms with van der Waals surface area (Å²) < 4.78 is 6.03. The monoisotopic (exact) mass is 786 g/mol. The van der Waals surface area contributed by atoms with Gasteiger partial charge >= 0.3 is 0 Å². The highest BCUT2D eigenvalue weighted by Gasteiger charge is 2.59. The van der Waals surface area contributed by atoms with Gasteiger partial charge in [-0.25, -0.2) is 14.0 Å². The lowest BCUT2D eigenvalue weighted by atomic mass is 9.58. The molecule has 0 saturated heterocycles. The van der Waals surface area contributed by atoms with Crippen molar-refractivity contribution < 1.29 is 4.57 Å². The third-order valence-electron chi connectivity index (χ3n) is 14.8. The predicted octanol–water partition coefficient (Wildman–Crippen LogP) is 13.5. The highest BCUT2D eigenvalue weighted by atomic mass is 15.6. The van der Waals surface area contributed by atoms with Gasteiger partial charge in [0, 0.05) is 40.8 Å². The molecule has 4 heterocycles. The smallest absolute Gasteiger partial charge is 0.294 e. The van der Waals surface area contributed by atoms with Crippen molar-refractivity contribution in [3.05, 3.63) is 144 Å². The molecule has 0 fully saturated rings. The van der Waals surface area contributed by atoms with Crippen molar-refractivity contribution in [2.45, 2.75) is 136 Å². The molecule has 2 aliphatic rings. The zero-order valence-corrected chi connectivity index (χ0v) is 37.6. The first-order valence-corrected chi connectivity index (χ1v) is 22.5. The number of rotatable bonds is 12. The van der Waals surface area contributed by atoms with Crippen molar-refractivity contribution >= 4 is 17.2 Å². The van der Waals surface area contributed by atoms with Crippen molar-refractivity contribution in [2.24, 2.45) is 0 Å². The molecule has 0 bridgehead atoms. The highest BCUT2D eigenvalue weighted by molar-refractivity contribution is 5.78. The Balaban J connectivity index is 1.28. The fraction of sp³-hybridized carbons (Fsp3) is 0.407. The van der Waals surface area contributed by atoms with Gasteiger partial charge in [0.15, 0.2) is 6.17 Å². The molecule has 0 spiro atoms. The van der Waals surface area contributed by atoms with Crippen molar-refractivity contribution in [1.82, 2.24) is 14.0 Å². The molecule has 59 heavy (non-hydrogen) atoms. The molecule has 0 saturated carbocycles.